The molecule has 0 aromatic heterocycles. The Balaban J connectivity index is 2.02. The number of aliphatic hydroxyl groups excluding tert-OH is 1. The second kappa shape index (κ2) is 7.80. The fourth-order valence-corrected chi connectivity index (χ4v) is 2.13. The molecule has 6 heteroatoms. The van der Waals surface area contributed by atoms with Crippen LogP contribution in [0.5, 0.6) is 0 Å². The smallest absolute Gasteiger partial charge is 0.251 e. The Labute approximate surface area is 132 Å². The largest absolute Gasteiger partial charge is 0.386 e. The zero-order valence-electron chi connectivity index (χ0n) is 12.6. The topological polar surface area (TPSA) is 58.6 Å². The van der Waals surface area contributed by atoms with Crippen molar-refractivity contribution in [3.05, 3.63) is 70.8 Å². The molecular weight excluding hydrogens is 304 g/mol. The zero-order valence-corrected chi connectivity index (χ0v) is 12.6. The van der Waals surface area contributed by atoms with E-state index in [9.17, 15) is 18.7 Å². The lowest BCUT2D eigenvalue weighted by atomic mass is 10.1. The average molecular weight is 321 g/mol. The SMILES string of the molecule is COCc1cc(C(=O)NCC(O)c2ccccc2F)ccc1F. The molecule has 0 radical (unpaired) electrons. The molecule has 0 aliphatic carbocycles. The van der Waals surface area contributed by atoms with Gasteiger partial charge in [-0.2, -0.15) is 0 Å². The van der Waals surface area contributed by atoms with Crippen molar-refractivity contribution < 1.29 is 23.4 Å². The Kier molecular flexibility index (Phi) is 5.78. The molecule has 2 rings (SSSR count). The third-order valence-corrected chi connectivity index (χ3v) is 3.33. The highest BCUT2D eigenvalue weighted by Gasteiger charge is 2.15. The van der Waals surface area contributed by atoms with Crippen LogP contribution >= 0.6 is 0 Å². The van der Waals surface area contributed by atoms with Gasteiger partial charge in [0.25, 0.3) is 5.91 Å². The summed E-state index contributed by atoms with van der Waals surface area (Å²) in [5.41, 5.74) is 0.598. The van der Waals surface area contributed by atoms with Crippen LogP contribution in [0, 0.1) is 11.6 Å². The summed E-state index contributed by atoms with van der Waals surface area (Å²) in [6.07, 6.45) is -1.17. The molecule has 2 aromatic carbocycles. The molecule has 0 aliphatic rings. The summed E-state index contributed by atoms with van der Waals surface area (Å²) >= 11 is 0. The summed E-state index contributed by atoms with van der Waals surface area (Å²) in [6.45, 7) is -0.110. The number of carbonyl (C=O) groups excluding carboxylic acids is 1. The lowest BCUT2D eigenvalue weighted by molar-refractivity contribution is 0.0913. The number of nitrogens with one attached hydrogen (secondary N) is 1. The molecule has 0 spiro atoms. The van der Waals surface area contributed by atoms with Gasteiger partial charge in [-0.1, -0.05) is 18.2 Å². The van der Waals surface area contributed by atoms with E-state index in [1.165, 1.54) is 43.5 Å². The van der Waals surface area contributed by atoms with E-state index in [2.05, 4.69) is 5.32 Å². The minimum atomic E-state index is -1.17. The van der Waals surface area contributed by atoms with Gasteiger partial charge in [-0.3, -0.25) is 4.79 Å². The van der Waals surface area contributed by atoms with E-state index in [0.29, 0.717) is 0 Å². The van der Waals surface area contributed by atoms with E-state index in [1.807, 2.05) is 0 Å². The maximum Gasteiger partial charge on any atom is 0.251 e. The molecule has 1 unspecified atom stereocenters. The molecule has 2 N–H and O–H groups in total. The van der Waals surface area contributed by atoms with Gasteiger partial charge in [0, 0.05) is 30.3 Å². The van der Waals surface area contributed by atoms with Gasteiger partial charge in [0.2, 0.25) is 0 Å². The number of rotatable bonds is 6. The summed E-state index contributed by atoms with van der Waals surface area (Å²) in [4.78, 5) is 12.1. The quantitative estimate of drug-likeness (QED) is 0.860. The van der Waals surface area contributed by atoms with Crippen molar-refractivity contribution in [2.75, 3.05) is 13.7 Å². The average Bonchev–Trinajstić information content (AvgIpc) is 2.55. The number of hydrogen-bond acceptors (Lipinski definition) is 3. The summed E-state index contributed by atoms with van der Waals surface area (Å²) in [5.74, 6) is -1.49. The van der Waals surface area contributed by atoms with Crippen LogP contribution in [0.1, 0.15) is 27.6 Å². The second-order valence-corrected chi connectivity index (χ2v) is 4.99. The maximum absolute atomic E-state index is 13.5. The Morgan fingerprint density at radius 2 is 1.96 bits per heavy atom. The Hall–Kier alpha value is -2.31. The molecule has 1 amide bonds. The molecule has 4 nitrogen and oxygen atoms in total. The van der Waals surface area contributed by atoms with Gasteiger partial charge in [-0.15, -0.1) is 0 Å². The van der Waals surface area contributed by atoms with Gasteiger partial charge in [-0.25, -0.2) is 8.78 Å². The van der Waals surface area contributed by atoms with Crippen LogP contribution in [-0.4, -0.2) is 24.7 Å². The molecule has 0 fully saturated rings. The number of ether oxygens (including phenoxy) is 1. The number of benzene rings is 2. The number of hydrogen-bond donors (Lipinski definition) is 2. The van der Waals surface area contributed by atoms with Crippen LogP contribution in [0.15, 0.2) is 42.5 Å². The van der Waals surface area contributed by atoms with Crippen molar-refractivity contribution in [2.45, 2.75) is 12.7 Å². The molecular formula is C17H17F2NO3. The number of methoxy groups -OCH3 is 1. The molecule has 0 aliphatic heterocycles. The highest BCUT2D eigenvalue weighted by molar-refractivity contribution is 5.94. The van der Waals surface area contributed by atoms with Crippen LogP contribution in [-0.2, 0) is 11.3 Å². The van der Waals surface area contributed by atoms with Crippen LogP contribution in [0.2, 0.25) is 0 Å². The highest BCUT2D eigenvalue weighted by Crippen LogP contribution is 2.16. The van der Waals surface area contributed by atoms with E-state index >= 15 is 0 Å². The zero-order chi connectivity index (χ0) is 16.8. The molecule has 1 atom stereocenters. The van der Waals surface area contributed by atoms with Gasteiger partial charge in [0.15, 0.2) is 0 Å². The predicted octanol–water partition coefficient (Wildman–Crippen LogP) is 2.57. The standard InChI is InChI=1S/C17H17F2NO3/c1-23-10-12-8-11(6-7-14(12)18)17(22)20-9-16(21)13-4-2-3-5-15(13)19/h2-8,16,21H,9-10H2,1H3,(H,20,22). The van der Waals surface area contributed by atoms with E-state index in [0.717, 1.165) is 0 Å². The number of halogens is 2. The van der Waals surface area contributed by atoms with E-state index in [4.69, 9.17) is 4.74 Å². The normalized spacial score (nSPS) is 12.0. The van der Waals surface area contributed by atoms with Gasteiger partial charge in [0.1, 0.15) is 11.6 Å². The minimum absolute atomic E-state index is 0.0464. The summed E-state index contributed by atoms with van der Waals surface area (Å²) in [7, 11) is 1.43. The first kappa shape index (κ1) is 17.1. The molecule has 0 heterocycles. The fraction of sp³-hybridized carbons (Fsp3) is 0.235. The molecule has 23 heavy (non-hydrogen) atoms. The van der Waals surface area contributed by atoms with Crippen LogP contribution in [0.25, 0.3) is 0 Å². The summed E-state index contributed by atoms with van der Waals surface area (Å²) < 4.78 is 31.9. The second-order valence-electron chi connectivity index (χ2n) is 4.99. The Morgan fingerprint density at radius 1 is 1.22 bits per heavy atom. The molecule has 0 saturated carbocycles. The van der Waals surface area contributed by atoms with Gasteiger partial charge in [-0.05, 0) is 24.3 Å². The first-order valence-electron chi connectivity index (χ1n) is 7.01. The molecule has 0 bridgehead atoms. The van der Waals surface area contributed by atoms with E-state index in [-0.39, 0.29) is 29.8 Å². The van der Waals surface area contributed by atoms with Crippen LogP contribution < -0.4 is 5.32 Å². The molecule has 0 saturated heterocycles. The third kappa shape index (κ3) is 4.34. The summed E-state index contributed by atoms with van der Waals surface area (Å²) in [6, 6.07) is 9.68. The van der Waals surface area contributed by atoms with Crippen molar-refractivity contribution in [3.63, 3.8) is 0 Å². The molecule has 122 valence electrons. The summed E-state index contributed by atoms with van der Waals surface area (Å²) in [5, 5.41) is 12.4. The minimum Gasteiger partial charge on any atom is -0.386 e. The van der Waals surface area contributed by atoms with E-state index < -0.39 is 23.6 Å². The number of aliphatic hydroxyl groups is 1. The third-order valence-electron chi connectivity index (χ3n) is 3.33. The lowest BCUT2D eigenvalue weighted by Gasteiger charge is -2.13. The number of amides is 1. The maximum atomic E-state index is 13.5. The van der Waals surface area contributed by atoms with Crippen molar-refractivity contribution in [1.82, 2.24) is 5.32 Å². The fourth-order valence-electron chi connectivity index (χ4n) is 2.13. The highest BCUT2D eigenvalue weighted by atomic mass is 19.1. The number of carbonyl (C=O) groups is 1. The van der Waals surface area contributed by atoms with Crippen molar-refractivity contribution >= 4 is 5.91 Å². The van der Waals surface area contributed by atoms with Crippen LogP contribution in [0.3, 0.4) is 0 Å². The Bertz CT molecular complexity index is 691. The van der Waals surface area contributed by atoms with Crippen LogP contribution in [0.4, 0.5) is 8.78 Å². The van der Waals surface area contributed by atoms with Gasteiger partial charge < -0.3 is 15.2 Å². The van der Waals surface area contributed by atoms with Gasteiger partial charge >= 0.3 is 0 Å². The van der Waals surface area contributed by atoms with Crippen molar-refractivity contribution in [3.8, 4) is 0 Å². The van der Waals surface area contributed by atoms with Gasteiger partial charge in [0.05, 0.1) is 12.7 Å². The van der Waals surface area contributed by atoms with Crippen molar-refractivity contribution in [1.29, 1.82) is 0 Å². The van der Waals surface area contributed by atoms with Crippen molar-refractivity contribution in [2.24, 2.45) is 0 Å². The van der Waals surface area contributed by atoms with E-state index in [1.54, 1.807) is 6.07 Å². The monoisotopic (exact) mass is 321 g/mol. The first-order chi connectivity index (χ1) is 11.0. The first-order valence-corrected chi connectivity index (χ1v) is 7.01. The predicted molar refractivity (Wildman–Crippen MR) is 80.8 cm³/mol. The lowest BCUT2D eigenvalue weighted by Crippen LogP contribution is -2.28. The Morgan fingerprint density at radius 3 is 2.65 bits per heavy atom. The molecule has 2 aromatic rings.